The summed E-state index contributed by atoms with van der Waals surface area (Å²) in [4.78, 5) is 3.06. The average Bonchev–Trinajstić information content (AvgIpc) is 2.70. The highest BCUT2D eigenvalue weighted by Gasteiger charge is 2.25. The predicted octanol–water partition coefficient (Wildman–Crippen LogP) is 1.64. The Hall–Kier alpha value is -0.470. The van der Waals surface area contributed by atoms with Gasteiger partial charge in [0.15, 0.2) is 0 Å². The van der Waals surface area contributed by atoms with Crippen LogP contribution in [0.4, 0.5) is 0 Å². The number of aryl methyl sites for hydroxylation is 1. The molecule has 21 heavy (non-hydrogen) atoms. The van der Waals surface area contributed by atoms with E-state index in [1.54, 1.807) is 6.07 Å². The molecule has 1 aromatic rings. The summed E-state index contributed by atoms with van der Waals surface area (Å²) in [7, 11) is 2.30. The van der Waals surface area contributed by atoms with E-state index in [4.69, 9.17) is 0 Å². The fraction of sp³-hybridized carbons (Fsp3) is 0.714. The zero-order valence-electron chi connectivity index (χ0n) is 13.7. The summed E-state index contributed by atoms with van der Waals surface area (Å²) >= 11 is 1.34. The minimum atomic E-state index is -3.46. The van der Waals surface area contributed by atoms with E-state index < -0.39 is 10.0 Å². The molecule has 0 aliphatic rings. The van der Waals surface area contributed by atoms with Gasteiger partial charge in [-0.15, -0.1) is 11.3 Å². The van der Waals surface area contributed by atoms with Gasteiger partial charge in [-0.05, 0) is 45.6 Å². The van der Waals surface area contributed by atoms with Crippen LogP contribution in [0.15, 0.2) is 10.3 Å². The number of nitrogens with zero attached hydrogens (tertiary/aromatic N) is 1. The Balaban J connectivity index is 2.96. The molecule has 0 aliphatic heterocycles. The maximum absolute atomic E-state index is 12.6. The minimum absolute atomic E-state index is 0.0971. The summed E-state index contributed by atoms with van der Waals surface area (Å²) < 4.78 is 28.4. The quantitative estimate of drug-likeness (QED) is 0.759. The van der Waals surface area contributed by atoms with Crippen LogP contribution >= 0.6 is 11.3 Å². The van der Waals surface area contributed by atoms with Crippen LogP contribution in [0.3, 0.4) is 0 Å². The van der Waals surface area contributed by atoms with Gasteiger partial charge in [-0.3, -0.25) is 0 Å². The van der Waals surface area contributed by atoms with E-state index in [2.05, 4.69) is 10.0 Å². The fourth-order valence-corrected chi connectivity index (χ4v) is 4.99. The van der Waals surface area contributed by atoms with E-state index in [0.29, 0.717) is 17.3 Å². The maximum Gasteiger partial charge on any atom is 0.250 e. The number of hydrogen-bond acceptors (Lipinski definition) is 5. The molecule has 0 spiro atoms. The van der Waals surface area contributed by atoms with Crippen molar-refractivity contribution in [3.05, 3.63) is 16.5 Å². The summed E-state index contributed by atoms with van der Waals surface area (Å²) in [5.41, 5.74) is 1.02. The molecule has 1 rings (SSSR count). The Morgan fingerprint density at radius 1 is 1.33 bits per heavy atom. The highest BCUT2D eigenvalue weighted by atomic mass is 32.2. The molecule has 0 saturated carbocycles. The van der Waals surface area contributed by atoms with Gasteiger partial charge < -0.3 is 10.2 Å². The van der Waals surface area contributed by atoms with Gasteiger partial charge in [0.05, 0.1) is 0 Å². The van der Waals surface area contributed by atoms with E-state index in [9.17, 15) is 8.42 Å². The Labute approximate surface area is 132 Å². The number of nitrogens with one attached hydrogen (secondary N) is 2. The van der Waals surface area contributed by atoms with Gasteiger partial charge in [-0.2, -0.15) is 0 Å². The fourth-order valence-electron chi connectivity index (χ4n) is 1.99. The summed E-state index contributed by atoms with van der Waals surface area (Å²) in [6, 6.07) is 1.66. The number of hydrogen-bond donors (Lipinski definition) is 2. The van der Waals surface area contributed by atoms with Crippen LogP contribution in [0, 0.1) is 12.8 Å². The first kappa shape index (κ1) is 18.6. The van der Waals surface area contributed by atoms with E-state index in [-0.39, 0.29) is 12.0 Å². The lowest BCUT2D eigenvalue weighted by molar-refractivity contribution is 0.314. The number of rotatable bonds is 8. The second-order valence-corrected chi connectivity index (χ2v) is 9.01. The van der Waals surface area contributed by atoms with Crippen molar-refractivity contribution in [3.8, 4) is 0 Å². The predicted molar refractivity (Wildman–Crippen MR) is 89.3 cm³/mol. The van der Waals surface area contributed by atoms with Crippen molar-refractivity contribution in [3.63, 3.8) is 0 Å². The van der Waals surface area contributed by atoms with Gasteiger partial charge in [-0.25, -0.2) is 13.1 Å². The van der Waals surface area contributed by atoms with Crippen LogP contribution in [0.2, 0.25) is 0 Å². The van der Waals surface area contributed by atoms with Crippen LogP contribution in [0.25, 0.3) is 0 Å². The van der Waals surface area contributed by atoms with Crippen LogP contribution in [-0.4, -0.2) is 47.0 Å². The number of thiophene rings is 1. The molecule has 122 valence electrons. The van der Waals surface area contributed by atoms with Gasteiger partial charge in [0.2, 0.25) is 10.0 Å². The molecule has 1 heterocycles. The van der Waals surface area contributed by atoms with Crippen molar-refractivity contribution < 1.29 is 8.42 Å². The molecule has 7 heteroatoms. The zero-order chi connectivity index (χ0) is 16.2. The molecular weight excluding hydrogens is 306 g/mol. The van der Waals surface area contributed by atoms with E-state index in [1.807, 2.05) is 46.8 Å². The first-order valence-corrected chi connectivity index (χ1v) is 9.38. The molecule has 0 aliphatic carbocycles. The van der Waals surface area contributed by atoms with Crippen molar-refractivity contribution in [2.24, 2.45) is 5.92 Å². The summed E-state index contributed by atoms with van der Waals surface area (Å²) in [5, 5.41) is 3.06. The van der Waals surface area contributed by atoms with Gasteiger partial charge in [0.1, 0.15) is 4.21 Å². The van der Waals surface area contributed by atoms with Crippen LogP contribution < -0.4 is 10.0 Å². The molecule has 0 amide bonds. The molecule has 0 saturated heterocycles. The van der Waals surface area contributed by atoms with E-state index >= 15 is 0 Å². The van der Waals surface area contributed by atoms with Crippen LogP contribution in [-0.2, 0) is 16.6 Å². The van der Waals surface area contributed by atoms with Gasteiger partial charge in [0.25, 0.3) is 0 Å². The third-order valence-corrected chi connectivity index (χ3v) is 6.47. The summed E-state index contributed by atoms with van der Waals surface area (Å²) in [6.45, 7) is 7.38. The topological polar surface area (TPSA) is 61.4 Å². The van der Waals surface area contributed by atoms with Crippen molar-refractivity contribution in [2.75, 3.05) is 27.7 Å². The Kier molecular flexibility index (Phi) is 6.80. The Morgan fingerprint density at radius 3 is 2.43 bits per heavy atom. The molecule has 0 radical (unpaired) electrons. The van der Waals surface area contributed by atoms with Crippen molar-refractivity contribution in [2.45, 2.75) is 37.6 Å². The zero-order valence-corrected chi connectivity index (χ0v) is 15.4. The molecule has 2 N–H and O–H groups in total. The normalized spacial score (nSPS) is 14.1. The van der Waals surface area contributed by atoms with Gasteiger partial charge >= 0.3 is 0 Å². The highest BCUT2D eigenvalue weighted by Crippen LogP contribution is 2.26. The largest absolute Gasteiger partial charge is 0.315 e. The third-order valence-electron chi connectivity index (χ3n) is 3.27. The molecule has 0 fully saturated rings. The first-order chi connectivity index (χ1) is 9.67. The lowest BCUT2D eigenvalue weighted by Crippen LogP contribution is -2.44. The van der Waals surface area contributed by atoms with E-state index in [1.165, 1.54) is 11.3 Å². The lowest BCUT2D eigenvalue weighted by Gasteiger charge is -2.25. The smallest absolute Gasteiger partial charge is 0.250 e. The molecular formula is C14H27N3O2S2. The molecule has 0 bridgehead atoms. The van der Waals surface area contributed by atoms with E-state index in [0.717, 1.165) is 10.4 Å². The molecule has 1 atom stereocenters. The average molecular weight is 334 g/mol. The molecule has 1 aromatic heterocycles. The second kappa shape index (κ2) is 7.69. The Bertz CT molecular complexity index is 551. The van der Waals surface area contributed by atoms with Crippen LogP contribution in [0.5, 0.6) is 0 Å². The highest BCUT2D eigenvalue weighted by molar-refractivity contribution is 7.91. The second-order valence-electron chi connectivity index (χ2n) is 5.94. The van der Waals surface area contributed by atoms with Crippen molar-refractivity contribution in [1.82, 2.24) is 14.9 Å². The van der Waals surface area contributed by atoms with Crippen molar-refractivity contribution >= 4 is 21.4 Å². The van der Waals surface area contributed by atoms with Gasteiger partial charge in [0, 0.05) is 24.0 Å². The SMILES string of the molecule is CNCc1sc(S(=O)(=O)NC(CN(C)C)C(C)C)cc1C. The number of sulfonamides is 1. The standard InChI is InChI=1S/C14H27N3O2S2/c1-10(2)12(9-17(5)6)16-21(18,19)14-7-11(3)13(20-14)8-15-4/h7,10,12,15-16H,8-9H2,1-6H3. The Morgan fingerprint density at radius 2 is 1.95 bits per heavy atom. The number of likely N-dealkylation sites (N-methyl/N-ethyl adjacent to an activating group) is 1. The molecule has 0 aromatic carbocycles. The molecule has 1 unspecified atom stereocenters. The van der Waals surface area contributed by atoms with Gasteiger partial charge in [-0.1, -0.05) is 13.8 Å². The third kappa shape index (κ3) is 5.34. The minimum Gasteiger partial charge on any atom is -0.315 e. The summed E-state index contributed by atoms with van der Waals surface area (Å²) in [6.07, 6.45) is 0. The monoisotopic (exact) mass is 333 g/mol. The summed E-state index contributed by atoms with van der Waals surface area (Å²) in [5.74, 6) is 0.236. The lowest BCUT2D eigenvalue weighted by atomic mass is 10.1. The first-order valence-electron chi connectivity index (χ1n) is 7.08. The van der Waals surface area contributed by atoms with Crippen LogP contribution in [0.1, 0.15) is 24.3 Å². The van der Waals surface area contributed by atoms with Crippen molar-refractivity contribution in [1.29, 1.82) is 0 Å². The molecule has 5 nitrogen and oxygen atoms in total. The maximum atomic E-state index is 12.6.